The van der Waals surface area contributed by atoms with Gasteiger partial charge in [0.15, 0.2) is 0 Å². The molecule has 1 atom stereocenters. The normalized spacial score (nSPS) is 15.7. The third kappa shape index (κ3) is 3.82. The Labute approximate surface area is 145 Å². The Morgan fingerprint density at radius 2 is 1.87 bits per heavy atom. The van der Waals surface area contributed by atoms with Crippen LogP contribution >= 0.6 is 15.9 Å². The maximum Gasteiger partial charge on any atom is 0.252 e. The van der Waals surface area contributed by atoms with E-state index in [-0.39, 0.29) is 5.91 Å². The highest BCUT2D eigenvalue weighted by molar-refractivity contribution is 9.10. The van der Waals surface area contributed by atoms with Crippen molar-refractivity contribution in [3.63, 3.8) is 0 Å². The molecule has 1 aliphatic heterocycles. The molecule has 0 aromatic heterocycles. The van der Waals surface area contributed by atoms with Crippen molar-refractivity contribution in [3.05, 3.63) is 69.7 Å². The van der Waals surface area contributed by atoms with Gasteiger partial charge >= 0.3 is 0 Å². The smallest absolute Gasteiger partial charge is 0.252 e. The van der Waals surface area contributed by atoms with Crippen LogP contribution in [0.2, 0.25) is 0 Å². The van der Waals surface area contributed by atoms with E-state index < -0.39 is 0 Å². The molecule has 2 aromatic carbocycles. The Bertz CT molecular complexity index is 701. The minimum absolute atomic E-state index is 0.0262. The summed E-state index contributed by atoms with van der Waals surface area (Å²) >= 11 is 3.43. The van der Waals surface area contributed by atoms with Crippen LogP contribution in [0, 0.1) is 0 Å². The maximum atomic E-state index is 12.3. The van der Waals surface area contributed by atoms with Gasteiger partial charge in [0.1, 0.15) is 0 Å². The molecule has 1 N–H and O–H groups in total. The molecule has 4 heteroatoms. The Hall–Kier alpha value is -1.65. The van der Waals surface area contributed by atoms with Gasteiger partial charge in [-0.2, -0.15) is 0 Å². The van der Waals surface area contributed by atoms with E-state index in [1.807, 2.05) is 24.3 Å². The molecule has 3 rings (SSSR count). The van der Waals surface area contributed by atoms with E-state index in [0.717, 1.165) is 24.0 Å². The molecule has 0 saturated heterocycles. The van der Waals surface area contributed by atoms with Crippen LogP contribution in [-0.4, -0.2) is 29.9 Å². The van der Waals surface area contributed by atoms with E-state index in [9.17, 15) is 4.79 Å². The van der Waals surface area contributed by atoms with Crippen LogP contribution in [0.4, 0.5) is 0 Å². The van der Waals surface area contributed by atoms with Crippen LogP contribution in [0.3, 0.4) is 0 Å². The summed E-state index contributed by atoms with van der Waals surface area (Å²) in [6.45, 7) is 4.84. The first kappa shape index (κ1) is 16.2. The summed E-state index contributed by atoms with van der Waals surface area (Å²) < 4.78 is 0.831. The highest BCUT2D eigenvalue weighted by Crippen LogP contribution is 2.20. The lowest BCUT2D eigenvalue weighted by Crippen LogP contribution is -2.44. The quantitative estimate of drug-likeness (QED) is 0.888. The zero-order valence-corrected chi connectivity index (χ0v) is 14.8. The topological polar surface area (TPSA) is 32.3 Å². The predicted molar refractivity (Wildman–Crippen MR) is 96.5 cm³/mol. The van der Waals surface area contributed by atoms with Gasteiger partial charge in [-0.05, 0) is 52.5 Å². The molecule has 0 saturated carbocycles. The van der Waals surface area contributed by atoms with Gasteiger partial charge in [-0.3, -0.25) is 9.69 Å². The fraction of sp³-hybridized carbons (Fsp3) is 0.316. The number of nitrogens with one attached hydrogen (secondary N) is 1. The molecule has 1 heterocycles. The highest BCUT2D eigenvalue weighted by atomic mass is 79.9. The standard InChI is InChI=1S/C19H21BrN2O/c1-14(12-21-19(23)17-8-4-5-9-18(17)20)22-11-10-15-6-2-3-7-16(15)13-22/h2-9,14H,10-13H2,1H3,(H,21,23). The Balaban J connectivity index is 1.57. The van der Waals surface area contributed by atoms with Gasteiger partial charge in [0.25, 0.3) is 5.91 Å². The van der Waals surface area contributed by atoms with Crippen molar-refractivity contribution in [1.29, 1.82) is 0 Å². The monoisotopic (exact) mass is 372 g/mol. The summed E-state index contributed by atoms with van der Waals surface area (Å²) in [5.41, 5.74) is 3.54. The number of rotatable bonds is 4. The lowest BCUT2D eigenvalue weighted by Gasteiger charge is -2.33. The minimum atomic E-state index is -0.0262. The number of benzene rings is 2. The van der Waals surface area contributed by atoms with Gasteiger partial charge in [0.2, 0.25) is 0 Å². The highest BCUT2D eigenvalue weighted by Gasteiger charge is 2.21. The van der Waals surface area contributed by atoms with Gasteiger partial charge in [-0.15, -0.1) is 0 Å². The Morgan fingerprint density at radius 1 is 1.17 bits per heavy atom. The number of carbonyl (C=O) groups is 1. The number of hydrogen-bond donors (Lipinski definition) is 1. The molecule has 1 amide bonds. The Morgan fingerprint density at radius 3 is 2.65 bits per heavy atom. The van der Waals surface area contributed by atoms with Crippen molar-refractivity contribution in [3.8, 4) is 0 Å². The van der Waals surface area contributed by atoms with Crippen LogP contribution in [0.1, 0.15) is 28.4 Å². The fourth-order valence-electron chi connectivity index (χ4n) is 3.00. The predicted octanol–water partition coefficient (Wildman–Crippen LogP) is 3.63. The summed E-state index contributed by atoms with van der Waals surface area (Å²) in [5, 5.41) is 3.05. The summed E-state index contributed by atoms with van der Waals surface area (Å²) in [4.78, 5) is 14.7. The molecule has 0 spiro atoms. The second kappa shape index (κ2) is 7.28. The van der Waals surface area contributed by atoms with Gasteiger partial charge in [-0.1, -0.05) is 36.4 Å². The summed E-state index contributed by atoms with van der Waals surface area (Å²) in [6, 6.07) is 16.5. The van der Waals surface area contributed by atoms with Crippen molar-refractivity contribution in [2.75, 3.05) is 13.1 Å². The van der Waals surface area contributed by atoms with Gasteiger partial charge < -0.3 is 5.32 Å². The van der Waals surface area contributed by atoms with Crippen LogP contribution < -0.4 is 5.32 Å². The number of fused-ring (bicyclic) bond motifs is 1. The molecular formula is C19H21BrN2O. The van der Waals surface area contributed by atoms with Crippen molar-refractivity contribution >= 4 is 21.8 Å². The van der Waals surface area contributed by atoms with E-state index in [1.165, 1.54) is 11.1 Å². The molecule has 0 bridgehead atoms. The second-order valence-electron chi connectivity index (χ2n) is 6.03. The molecule has 23 heavy (non-hydrogen) atoms. The first-order valence-electron chi connectivity index (χ1n) is 7.98. The number of hydrogen-bond acceptors (Lipinski definition) is 2. The zero-order chi connectivity index (χ0) is 16.2. The van der Waals surface area contributed by atoms with E-state index >= 15 is 0 Å². The first-order chi connectivity index (χ1) is 11.1. The lowest BCUT2D eigenvalue weighted by atomic mass is 9.99. The van der Waals surface area contributed by atoms with E-state index in [0.29, 0.717) is 18.2 Å². The van der Waals surface area contributed by atoms with E-state index in [2.05, 4.69) is 57.3 Å². The van der Waals surface area contributed by atoms with E-state index in [4.69, 9.17) is 0 Å². The molecule has 0 aliphatic carbocycles. The van der Waals surface area contributed by atoms with Crippen LogP contribution in [-0.2, 0) is 13.0 Å². The fourth-order valence-corrected chi connectivity index (χ4v) is 3.47. The van der Waals surface area contributed by atoms with Crippen molar-refractivity contribution in [2.24, 2.45) is 0 Å². The number of halogens is 1. The number of amides is 1. The van der Waals surface area contributed by atoms with Crippen LogP contribution in [0.5, 0.6) is 0 Å². The molecule has 3 nitrogen and oxygen atoms in total. The Kier molecular flexibility index (Phi) is 5.13. The van der Waals surface area contributed by atoms with Gasteiger partial charge in [-0.25, -0.2) is 0 Å². The molecular weight excluding hydrogens is 352 g/mol. The summed E-state index contributed by atoms with van der Waals surface area (Å²) in [6.07, 6.45) is 1.08. The summed E-state index contributed by atoms with van der Waals surface area (Å²) in [7, 11) is 0. The lowest BCUT2D eigenvalue weighted by molar-refractivity contribution is 0.0931. The SMILES string of the molecule is CC(CNC(=O)c1ccccc1Br)N1CCc2ccccc2C1. The third-order valence-electron chi connectivity index (χ3n) is 4.46. The maximum absolute atomic E-state index is 12.3. The molecule has 0 fully saturated rings. The largest absolute Gasteiger partial charge is 0.350 e. The number of carbonyl (C=O) groups excluding carboxylic acids is 1. The van der Waals surface area contributed by atoms with E-state index in [1.54, 1.807) is 0 Å². The molecule has 1 unspecified atom stereocenters. The minimum Gasteiger partial charge on any atom is -0.350 e. The van der Waals surface area contributed by atoms with Crippen molar-refractivity contribution in [1.82, 2.24) is 10.2 Å². The average molecular weight is 373 g/mol. The van der Waals surface area contributed by atoms with Crippen LogP contribution in [0.15, 0.2) is 53.0 Å². The zero-order valence-electron chi connectivity index (χ0n) is 13.3. The summed E-state index contributed by atoms with van der Waals surface area (Å²) in [5.74, 6) is -0.0262. The molecule has 0 radical (unpaired) electrons. The van der Waals surface area contributed by atoms with Crippen molar-refractivity contribution < 1.29 is 4.79 Å². The third-order valence-corrected chi connectivity index (χ3v) is 5.15. The first-order valence-corrected chi connectivity index (χ1v) is 8.78. The second-order valence-corrected chi connectivity index (χ2v) is 6.88. The van der Waals surface area contributed by atoms with Crippen molar-refractivity contribution in [2.45, 2.75) is 25.9 Å². The molecule has 2 aromatic rings. The van der Waals surface area contributed by atoms with Crippen LogP contribution in [0.25, 0.3) is 0 Å². The average Bonchev–Trinajstić information content (AvgIpc) is 2.59. The molecule has 120 valence electrons. The van der Waals surface area contributed by atoms with Gasteiger partial charge in [0.05, 0.1) is 5.56 Å². The number of nitrogens with zero attached hydrogens (tertiary/aromatic N) is 1. The molecule has 1 aliphatic rings. The van der Waals surface area contributed by atoms with Gasteiger partial charge in [0, 0.05) is 30.1 Å².